The summed E-state index contributed by atoms with van der Waals surface area (Å²) in [5.74, 6) is 1.61. The van der Waals surface area contributed by atoms with E-state index in [-0.39, 0.29) is 6.79 Å². The van der Waals surface area contributed by atoms with E-state index in [1.165, 1.54) is 22.3 Å². The SMILES string of the molecule is c1ccc(-c2cc(-c3ccccc3)cc(-c3ccc4c(c3)OCOc3ccc(-c5ccc6oc7ccccc7c6c5)cc3-4)c2)cc1. The molecule has 2 heterocycles. The number of benzene rings is 7. The third-order valence-corrected chi connectivity index (χ3v) is 8.87. The van der Waals surface area contributed by atoms with Crippen molar-refractivity contribution in [3.63, 3.8) is 0 Å². The highest BCUT2D eigenvalue weighted by molar-refractivity contribution is 6.06. The molecular weight excluding hydrogens is 564 g/mol. The zero-order chi connectivity index (χ0) is 30.5. The van der Waals surface area contributed by atoms with Crippen LogP contribution in [0.3, 0.4) is 0 Å². The monoisotopic (exact) mass is 592 g/mol. The van der Waals surface area contributed by atoms with Crippen molar-refractivity contribution in [2.24, 2.45) is 0 Å². The molecule has 8 aromatic rings. The highest BCUT2D eigenvalue weighted by Gasteiger charge is 2.19. The predicted molar refractivity (Wildman–Crippen MR) is 187 cm³/mol. The van der Waals surface area contributed by atoms with E-state index in [4.69, 9.17) is 13.9 Å². The van der Waals surface area contributed by atoms with Crippen molar-refractivity contribution in [1.82, 2.24) is 0 Å². The van der Waals surface area contributed by atoms with Crippen LogP contribution >= 0.6 is 0 Å². The molecule has 9 rings (SSSR count). The second-order valence-electron chi connectivity index (χ2n) is 11.7. The molecule has 0 N–H and O–H groups in total. The van der Waals surface area contributed by atoms with Gasteiger partial charge in [0.2, 0.25) is 6.79 Å². The molecular formula is C43H28O3. The molecule has 0 spiro atoms. The zero-order valence-electron chi connectivity index (χ0n) is 24.9. The Morgan fingerprint density at radius 2 is 0.891 bits per heavy atom. The lowest BCUT2D eigenvalue weighted by Crippen LogP contribution is -2.03. The molecule has 218 valence electrons. The standard InChI is InChI=1S/C43H28O3/c1-3-9-28(10-4-1)33-21-34(29-11-5-2-6-12-29)23-35(22-33)32-15-18-37-38-24-30(16-19-40(38)44-27-45-43(37)26-32)31-17-20-42-39(25-31)36-13-7-8-14-41(36)46-42/h1-26H,27H2. The van der Waals surface area contributed by atoms with Gasteiger partial charge in [0.05, 0.1) is 0 Å². The Labute approximate surface area is 266 Å². The number of rotatable bonds is 4. The van der Waals surface area contributed by atoms with Gasteiger partial charge in [-0.1, -0.05) is 97.1 Å². The van der Waals surface area contributed by atoms with E-state index in [0.717, 1.165) is 66.8 Å². The van der Waals surface area contributed by atoms with Gasteiger partial charge in [-0.25, -0.2) is 0 Å². The first kappa shape index (κ1) is 26.4. The van der Waals surface area contributed by atoms with E-state index >= 15 is 0 Å². The average molecular weight is 593 g/mol. The lowest BCUT2D eigenvalue weighted by molar-refractivity contribution is 0.125. The van der Waals surface area contributed by atoms with Gasteiger partial charge in [0.1, 0.15) is 22.7 Å². The van der Waals surface area contributed by atoms with Crippen molar-refractivity contribution < 1.29 is 13.9 Å². The molecule has 0 aliphatic carbocycles. The summed E-state index contributed by atoms with van der Waals surface area (Å²) >= 11 is 0. The molecule has 3 nitrogen and oxygen atoms in total. The lowest BCUT2D eigenvalue weighted by Gasteiger charge is -2.14. The maximum absolute atomic E-state index is 6.23. The second-order valence-corrected chi connectivity index (χ2v) is 11.7. The number of hydrogen-bond acceptors (Lipinski definition) is 3. The Morgan fingerprint density at radius 3 is 1.65 bits per heavy atom. The second kappa shape index (κ2) is 10.8. The molecule has 0 saturated carbocycles. The molecule has 1 aromatic heterocycles. The van der Waals surface area contributed by atoms with Gasteiger partial charge in [0.15, 0.2) is 0 Å². The largest absolute Gasteiger partial charge is 0.457 e. The Bertz CT molecular complexity index is 2330. The summed E-state index contributed by atoms with van der Waals surface area (Å²) < 4.78 is 18.4. The molecule has 0 bridgehead atoms. The molecule has 0 radical (unpaired) electrons. The van der Waals surface area contributed by atoms with Crippen molar-refractivity contribution in [1.29, 1.82) is 0 Å². The smallest absolute Gasteiger partial charge is 0.230 e. The quantitative estimate of drug-likeness (QED) is 0.204. The van der Waals surface area contributed by atoms with Crippen LogP contribution in [0.4, 0.5) is 0 Å². The minimum absolute atomic E-state index is 0.148. The lowest BCUT2D eigenvalue weighted by atomic mass is 9.91. The molecule has 7 aromatic carbocycles. The molecule has 0 unspecified atom stereocenters. The fourth-order valence-corrected chi connectivity index (χ4v) is 6.54. The van der Waals surface area contributed by atoms with Gasteiger partial charge in [-0.05, 0) is 105 Å². The van der Waals surface area contributed by atoms with E-state index in [0.29, 0.717) is 0 Å². The summed E-state index contributed by atoms with van der Waals surface area (Å²) in [6.07, 6.45) is 0. The van der Waals surface area contributed by atoms with Gasteiger partial charge in [-0.2, -0.15) is 0 Å². The molecule has 0 saturated heterocycles. The van der Waals surface area contributed by atoms with Crippen molar-refractivity contribution >= 4 is 21.9 Å². The first-order chi connectivity index (χ1) is 22.8. The fraction of sp³-hybridized carbons (Fsp3) is 0.0233. The molecule has 46 heavy (non-hydrogen) atoms. The van der Waals surface area contributed by atoms with Crippen LogP contribution in [0, 0.1) is 0 Å². The Kier molecular flexibility index (Phi) is 6.20. The molecule has 3 heteroatoms. The van der Waals surface area contributed by atoms with Crippen LogP contribution in [-0.4, -0.2) is 6.79 Å². The molecule has 1 aliphatic rings. The third-order valence-electron chi connectivity index (χ3n) is 8.87. The number of para-hydroxylation sites is 1. The summed E-state index contributed by atoms with van der Waals surface area (Å²) in [7, 11) is 0. The number of furan rings is 1. The van der Waals surface area contributed by atoms with Gasteiger partial charge in [-0.3, -0.25) is 0 Å². The molecule has 0 amide bonds. The van der Waals surface area contributed by atoms with E-state index in [9.17, 15) is 0 Å². The van der Waals surface area contributed by atoms with E-state index in [1.807, 2.05) is 18.2 Å². The van der Waals surface area contributed by atoms with Crippen molar-refractivity contribution in [2.45, 2.75) is 0 Å². The fourth-order valence-electron chi connectivity index (χ4n) is 6.54. The number of fused-ring (bicyclic) bond motifs is 6. The number of ether oxygens (including phenoxy) is 2. The topological polar surface area (TPSA) is 31.6 Å². The van der Waals surface area contributed by atoms with Crippen molar-refractivity contribution in [3.05, 3.63) is 158 Å². The van der Waals surface area contributed by atoms with Crippen LogP contribution in [-0.2, 0) is 0 Å². The third kappa shape index (κ3) is 4.61. The minimum atomic E-state index is 0.148. The Hall–Kier alpha value is -6.06. The Balaban J connectivity index is 1.14. The van der Waals surface area contributed by atoms with Crippen LogP contribution in [0.2, 0.25) is 0 Å². The van der Waals surface area contributed by atoms with Crippen molar-refractivity contribution in [2.75, 3.05) is 6.79 Å². The van der Waals surface area contributed by atoms with Gasteiger partial charge < -0.3 is 13.9 Å². The number of hydrogen-bond donors (Lipinski definition) is 0. The maximum Gasteiger partial charge on any atom is 0.230 e. The van der Waals surface area contributed by atoms with Crippen molar-refractivity contribution in [3.8, 4) is 67.1 Å². The summed E-state index contributed by atoms with van der Waals surface area (Å²) in [5, 5.41) is 2.23. The van der Waals surface area contributed by atoms with E-state index < -0.39 is 0 Å². The first-order valence-electron chi connectivity index (χ1n) is 15.5. The molecule has 0 fully saturated rings. The van der Waals surface area contributed by atoms with Crippen LogP contribution in [0.25, 0.3) is 77.6 Å². The van der Waals surface area contributed by atoms with Crippen LogP contribution < -0.4 is 9.47 Å². The maximum atomic E-state index is 6.23. The van der Waals surface area contributed by atoms with Crippen LogP contribution in [0.15, 0.2) is 162 Å². The zero-order valence-corrected chi connectivity index (χ0v) is 24.9. The summed E-state index contributed by atoms with van der Waals surface area (Å²) in [6.45, 7) is 0.148. The van der Waals surface area contributed by atoms with E-state index in [2.05, 4.69) is 140 Å². The highest BCUT2D eigenvalue weighted by Crippen LogP contribution is 2.44. The van der Waals surface area contributed by atoms with E-state index in [1.54, 1.807) is 0 Å². The normalized spacial score (nSPS) is 12.2. The predicted octanol–water partition coefficient (Wildman–Crippen LogP) is 11.6. The van der Waals surface area contributed by atoms with Gasteiger partial charge in [0.25, 0.3) is 0 Å². The minimum Gasteiger partial charge on any atom is -0.457 e. The van der Waals surface area contributed by atoms with Crippen LogP contribution in [0.1, 0.15) is 0 Å². The Morgan fingerprint density at radius 1 is 0.326 bits per heavy atom. The average Bonchev–Trinajstić information content (AvgIpc) is 3.40. The van der Waals surface area contributed by atoms with Gasteiger partial charge >= 0.3 is 0 Å². The van der Waals surface area contributed by atoms with Crippen LogP contribution in [0.5, 0.6) is 11.5 Å². The summed E-state index contributed by atoms with van der Waals surface area (Å²) in [4.78, 5) is 0. The molecule has 0 atom stereocenters. The summed E-state index contributed by atoms with van der Waals surface area (Å²) in [6, 6.07) is 55.3. The highest BCUT2D eigenvalue weighted by atomic mass is 16.7. The first-order valence-corrected chi connectivity index (χ1v) is 15.5. The van der Waals surface area contributed by atoms with Gasteiger partial charge in [0, 0.05) is 21.9 Å². The summed E-state index contributed by atoms with van der Waals surface area (Å²) in [5.41, 5.74) is 13.0. The van der Waals surface area contributed by atoms with Gasteiger partial charge in [-0.15, -0.1) is 0 Å². The molecule has 1 aliphatic heterocycles.